The second-order valence-electron chi connectivity index (χ2n) is 15.0. The van der Waals surface area contributed by atoms with Crippen molar-refractivity contribution < 1.29 is 33.4 Å². The summed E-state index contributed by atoms with van der Waals surface area (Å²) in [6.45, 7) is 11.4. The number of ether oxygens (including phenoxy) is 3. The molecule has 2 heterocycles. The summed E-state index contributed by atoms with van der Waals surface area (Å²) in [5, 5.41) is 9.46. The van der Waals surface area contributed by atoms with Crippen LogP contribution in [-0.2, 0) is 49.6 Å². The van der Waals surface area contributed by atoms with Crippen molar-refractivity contribution in [2.24, 2.45) is 5.92 Å². The van der Waals surface area contributed by atoms with Gasteiger partial charge in [-0.15, -0.1) is 0 Å². The standard InChI is InChI=1S/C41H51BN4O7/c1-7-51-39(49)34-21-29-23-43-36-30(29)14-11-15-31(36)42-22-28-19-27(16-17-35(28)52-24-26-12-9-8-10-13-26)20-33(46-40(50)53-41(4,5)6)38(48)44-32(18-25(2)3)37(47)45-34/h8-17,19,23,25,32-34,42-43H,7,18,20-22,24H2,1-6H3,(H,44,48)(H,45,47)(H,46,50)/t32-,33-,34-/m0/s1. The summed E-state index contributed by atoms with van der Waals surface area (Å²) in [7, 11) is 0.664. The quantitative estimate of drug-likeness (QED) is 0.154. The van der Waals surface area contributed by atoms with Crippen LogP contribution in [0.3, 0.4) is 0 Å². The highest BCUT2D eigenvalue weighted by Crippen LogP contribution is 2.25. The molecule has 1 aliphatic rings. The van der Waals surface area contributed by atoms with Crippen molar-refractivity contribution in [3.63, 3.8) is 0 Å². The third-order valence-corrected chi connectivity index (χ3v) is 9.01. The van der Waals surface area contributed by atoms with Crippen LogP contribution in [0.25, 0.3) is 10.9 Å². The molecule has 3 atom stereocenters. The Kier molecular flexibility index (Phi) is 12.9. The number of aromatic nitrogens is 1. The molecule has 1 aromatic heterocycles. The molecule has 12 heteroatoms. The first-order chi connectivity index (χ1) is 25.3. The van der Waals surface area contributed by atoms with Gasteiger partial charge in [0.15, 0.2) is 7.28 Å². The van der Waals surface area contributed by atoms with E-state index in [-0.39, 0.29) is 25.4 Å². The van der Waals surface area contributed by atoms with Gasteiger partial charge in [-0.2, -0.15) is 0 Å². The zero-order valence-electron chi connectivity index (χ0n) is 31.5. The Balaban J connectivity index is 1.57. The summed E-state index contributed by atoms with van der Waals surface area (Å²) in [4.78, 5) is 57.8. The van der Waals surface area contributed by atoms with Gasteiger partial charge >= 0.3 is 12.1 Å². The van der Waals surface area contributed by atoms with Crippen molar-refractivity contribution in [1.29, 1.82) is 0 Å². The molecule has 53 heavy (non-hydrogen) atoms. The first-order valence-electron chi connectivity index (χ1n) is 18.4. The van der Waals surface area contributed by atoms with Crippen LogP contribution >= 0.6 is 0 Å². The van der Waals surface area contributed by atoms with Crippen LogP contribution in [-0.4, -0.2) is 66.5 Å². The van der Waals surface area contributed by atoms with Crippen molar-refractivity contribution in [3.8, 4) is 5.75 Å². The van der Waals surface area contributed by atoms with E-state index >= 15 is 0 Å². The molecule has 5 rings (SSSR count). The van der Waals surface area contributed by atoms with Gasteiger partial charge in [-0.25, -0.2) is 9.59 Å². The summed E-state index contributed by atoms with van der Waals surface area (Å²) in [6.07, 6.45) is 2.33. The SMILES string of the molecule is CCOC(=O)[C@@H]1Cc2c[nH]c3c(cccc23)BCc2cc(ccc2OCc2ccccc2)C[C@H](NC(=O)OC(C)(C)C)C(=O)N[C@@H](CC(C)C)C(=O)N1. The maximum atomic E-state index is 14.1. The lowest BCUT2D eigenvalue weighted by Crippen LogP contribution is -2.57. The Bertz CT molecular complexity index is 1900. The summed E-state index contributed by atoms with van der Waals surface area (Å²) in [5.74, 6) is -0.913. The van der Waals surface area contributed by atoms with Crippen molar-refractivity contribution >= 4 is 47.5 Å². The fraction of sp³-hybridized carbons (Fsp3) is 0.415. The van der Waals surface area contributed by atoms with Crippen LogP contribution in [0, 0.1) is 5.92 Å². The molecule has 0 saturated heterocycles. The maximum Gasteiger partial charge on any atom is 0.408 e. The van der Waals surface area contributed by atoms with Crippen molar-refractivity contribution in [1.82, 2.24) is 20.9 Å². The Morgan fingerprint density at radius 2 is 1.72 bits per heavy atom. The third kappa shape index (κ3) is 10.9. The lowest BCUT2D eigenvalue weighted by molar-refractivity contribution is -0.147. The van der Waals surface area contributed by atoms with Gasteiger partial charge < -0.3 is 35.1 Å². The van der Waals surface area contributed by atoms with E-state index in [1.807, 2.05) is 80.7 Å². The Morgan fingerprint density at radius 3 is 2.43 bits per heavy atom. The number of H-pyrrole nitrogens is 1. The smallest absolute Gasteiger partial charge is 0.408 e. The number of benzene rings is 3. The largest absolute Gasteiger partial charge is 0.489 e. The van der Waals surface area contributed by atoms with Gasteiger partial charge in [-0.3, -0.25) is 9.59 Å². The van der Waals surface area contributed by atoms with E-state index in [2.05, 4.69) is 27.0 Å². The molecule has 11 nitrogen and oxygen atoms in total. The fourth-order valence-electron chi connectivity index (χ4n) is 6.55. The van der Waals surface area contributed by atoms with Gasteiger partial charge in [0, 0.05) is 29.9 Å². The second kappa shape index (κ2) is 17.5. The molecule has 6 bridgehead atoms. The Hall–Kier alpha value is -5.26. The minimum absolute atomic E-state index is 0.0141. The summed E-state index contributed by atoms with van der Waals surface area (Å²) < 4.78 is 17.3. The molecule has 0 spiro atoms. The number of amides is 3. The van der Waals surface area contributed by atoms with Crippen LogP contribution in [0.2, 0.25) is 0 Å². The lowest BCUT2D eigenvalue weighted by atomic mass is 9.64. The number of alkyl carbamates (subject to hydrolysis) is 1. The monoisotopic (exact) mass is 722 g/mol. The predicted molar refractivity (Wildman–Crippen MR) is 207 cm³/mol. The Labute approximate surface area is 312 Å². The highest BCUT2D eigenvalue weighted by molar-refractivity contribution is 6.56. The molecular formula is C41H51BN4O7. The highest BCUT2D eigenvalue weighted by Gasteiger charge is 2.32. The van der Waals surface area contributed by atoms with Gasteiger partial charge in [0.05, 0.1) is 6.61 Å². The van der Waals surface area contributed by atoms with Gasteiger partial charge in [0.2, 0.25) is 11.8 Å². The fourth-order valence-corrected chi connectivity index (χ4v) is 6.55. The topological polar surface area (TPSA) is 148 Å². The molecule has 1 aliphatic heterocycles. The maximum absolute atomic E-state index is 14.1. The summed E-state index contributed by atoms with van der Waals surface area (Å²) in [5.41, 5.74) is 4.84. The number of nitrogens with one attached hydrogen (secondary N) is 4. The number of hydrogen-bond acceptors (Lipinski definition) is 7. The van der Waals surface area contributed by atoms with Gasteiger partial charge in [-0.05, 0) is 74.7 Å². The minimum atomic E-state index is -1.08. The van der Waals surface area contributed by atoms with E-state index in [1.54, 1.807) is 27.7 Å². The summed E-state index contributed by atoms with van der Waals surface area (Å²) >= 11 is 0. The van der Waals surface area contributed by atoms with Gasteiger partial charge in [-0.1, -0.05) is 80.0 Å². The van der Waals surface area contributed by atoms with Crippen LogP contribution in [0.1, 0.15) is 70.2 Å². The van der Waals surface area contributed by atoms with Crippen molar-refractivity contribution in [2.45, 2.75) is 97.5 Å². The molecule has 0 saturated carbocycles. The number of carbonyl (C=O) groups excluding carboxylic acids is 4. The predicted octanol–water partition coefficient (Wildman–Crippen LogP) is 4.58. The number of carbonyl (C=O) groups is 4. The highest BCUT2D eigenvalue weighted by atomic mass is 16.6. The van der Waals surface area contributed by atoms with Gasteiger partial charge in [0.25, 0.3) is 0 Å². The molecule has 0 fully saturated rings. The lowest BCUT2D eigenvalue weighted by Gasteiger charge is -2.27. The number of fused-ring (bicyclic) bond motifs is 2. The van der Waals surface area contributed by atoms with Crippen LogP contribution < -0.4 is 26.2 Å². The van der Waals surface area contributed by atoms with Crippen molar-refractivity contribution in [3.05, 3.63) is 95.2 Å². The van der Waals surface area contributed by atoms with Crippen LogP contribution in [0.15, 0.2) is 72.9 Å². The zero-order valence-corrected chi connectivity index (χ0v) is 31.5. The number of hydrogen-bond donors (Lipinski definition) is 4. The normalized spacial score (nSPS) is 18.3. The van der Waals surface area contributed by atoms with E-state index in [9.17, 15) is 19.2 Å². The minimum Gasteiger partial charge on any atom is -0.489 e. The zero-order chi connectivity index (χ0) is 38.1. The van der Waals surface area contributed by atoms with Crippen LogP contribution in [0.4, 0.5) is 4.79 Å². The number of para-hydroxylation sites is 1. The van der Waals surface area contributed by atoms with E-state index in [4.69, 9.17) is 14.2 Å². The molecule has 4 N–H and O–H groups in total. The number of rotatable bonds is 8. The van der Waals surface area contributed by atoms with E-state index in [0.29, 0.717) is 26.6 Å². The van der Waals surface area contributed by atoms with Gasteiger partial charge in [0.1, 0.15) is 36.1 Å². The number of aromatic amines is 1. The molecule has 3 aromatic carbocycles. The first-order valence-corrected chi connectivity index (χ1v) is 18.4. The molecule has 0 radical (unpaired) electrons. The summed E-state index contributed by atoms with van der Waals surface area (Å²) in [6, 6.07) is 18.7. The first kappa shape index (κ1) is 39.0. The Morgan fingerprint density at radius 1 is 0.943 bits per heavy atom. The second-order valence-corrected chi connectivity index (χ2v) is 15.0. The molecule has 0 aliphatic carbocycles. The molecule has 0 unspecified atom stereocenters. The van der Waals surface area contributed by atoms with Crippen molar-refractivity contribution in [2.75, 3.05) is 6.61 Å². The molecule has 280 valence electrons. The van der Waals surface area contributed by atoms with E-state index in [1.165, 1.54) is 0 Å². The van der Waals surface area contributed by atoms with E-state index in [0.717, 1.165) is 44.4 Å². The molecule has 3 amide bonds. The molecule has 4 aromatic rings. The average molecular weight is 723 g/mol. The third-order valence-electron chi connectivity index (χ3n) is 9.01. The molecular weight excluding hydrogens is 671 g/mol. The van der Waals surface area contributed by atoms with Crippen LogP contribution in [0.5, 0.6) is 5.75 Å². The average Bonchev–Trinajstić information content (AvgIpc) is 3.51. The van der Waals surface area contributed by atoms with E-state index < -0.39 is 47.6 Å². The number of esters is 1.